The van der Waals surface area contributed by atoms with Crippen LogP contribution >= 0.6 is 0 Å². The Bertz CT molecular complexity index is 265. The van der Waals surface area contributed by atoms with E-state index in [9.17, 15) is 8.42 Å². The normalized spacial score (nSPS) is 13.5. The van der Waals surface area contributed by atoms with Gasteiger partial charge in [-0.2, -0.15) is 0 Å². The van der Waals surface area contributed by atoms with E-state index in [0.717, 1.165) is 12.8 Å². The highest BCUT2D eigenvalue weighted by atomic mass is 32.2. The minimum absolute atomic E-state index is 0.190. The molecule has 0 spiro atoms. The summed E-state index contributed by atoms with van der Waals surface area (Å²) in [5, 5.41) is 0. The maximum Gasteiger partial charge on any atom is 0.213 e. The zero-order valence-electron chi connectivity index (χ0n) is 10.7. The van der Waals surface area contributed by atoms with Crippen LogP contribution in [-0.2, 0) is 10.0 Å². The number of sulfonamides is 1. The summed E-state index contributed by atoms with van der Waals surface area (Å²) in [5.41, 5.74) is 0.190. The van der Waals surface area contributed by atoms with Gasteiger partial charge in [0.2, 0.25) is 10.0 Å². The molecule has 0 unspecified atom stereocenters. The van der Waals surface area contributed by atoms with Crippen LogP contribution in [0.5, 0.6) is 0 Å². The molecule has 0 aliphatic carbocycles. The first-order valence-electron chi connectivity index (χ1n) is 5.70. The molecule has 3 nitrogen and oxygen atoms in total. The van der Waals surface area contributed by atoms with Gasteiger partial charge < -0.3 is 0 Å². The molecule has 0 rings (SSSR count). The van der Waals surface area contributed by atoms with E-state index in [1.54, 1.807) is 11.2 Å². The molecular formula is C11H25NO2S. The minimum Gasteiger partial charge on any atom is -0.212 e. The summed E-state index contributed by atoms with van der Waals surface area (Å²) in [6.07, 6.45) is 1.79. The highest BCUT2D eigenvalue weighted by Gasteiger charge is 2.21. The second-order valence-corrected chi connectivity index (χ2v) is 7.37. The van der Waals surface area contributed by atoms with E-state index in [1.165, 1.54) is 0 Å². The Balaban J connectivity index is 4.43. The molecule has 4 heteroatoms. The second kappa shape index (κ2) is 5.85. The first-order valence-corrected chi connectivity index (χ1v) is 7.31. The Morgan fingerprint density at radius 1 is 1.07 bits per heavy atom. The van der Waals surface area contributed by atoms with Gasteiger partial charge >= 0.3 is 0 Å². The monoisotopic (exact) mass is 235 g/mol. The molecule has 0 N–H and O–H groups in total. The summed E-state index contributed by atoms with van der Waals surface area (Å²) >= 11 is 0. The molecule has 0 saturated heterocycles. The van der Waals surface area contributed by atoms with E-state index in [-0.39, 0.29) is 11.2 Å². The fourth-order valence-electron chi connectivity index (χ4n) is 1.28. The predicted octanol–water partition coefficient (Wildman–Crippen LogP) is 2.48. The maximum absolute atomic E-state index is 11.7. The van der Waals surface area contributed by atoms with Crippen molar-refractivity contribution in [3.8, 4) is 0 Å². The molecule has 0 saturated carbocycles. The van der Waals surface area contributed by atoms with Crippen molar-refractivity contribution in [3.05, 3.63) is 0 Å². The van der Waals surface area contributed by atoms with Crippen molar-refractivity contribution < 1.29 is 8.42 Å². The van der Waals surface area contributed by atoms with Gasteiger partial charge in [0.25, 0.3) is 0 Å². The SMILES string of the molecule is CCCN(CCC(C)(C)C)S(=O)(=O)CC. The van der Waals surface area contributed by atoms with Gasteiger partial charge in [0.05, 0.1) is 5.75 Å². The molecule has 0 aromatic heterocycles. The van der Waals surface area contributed by atoms with E-state index >= 15 is 0 Å². The van der Waals surface area contributed by atoms with Gasteiger partial charge in [0.1, 0.15) is 0 Å². The standard InChI is InChI=1S/C11H25NO2S/c1-6-9-12(15(13,14)7-2)10-8-11(3,4)5/h6-10H2,1-5H3. The van der Waals surface area contributed by atoms with Crippen LogP contribution < -0.4 is 0 Å². The lowest BCUT2D eigenvalue weighted by molar-refractivity contribution is 0.310. The van der Waals surface area contributed by atoms with Crippen molar-refractivity contribution in [1.82, 2.24) is 4.31 Å². The second-order valence-electron chi connectivity index (χ2n) is 5.11. The summed E-state index contributed by atoms with van der Waals surface area (Å²) < 4.78 is 25.1. The molecule has 0 aromatic rings. The molecule has 0 aliphatic rings. The van der Waals surface area contributed by atoms with Crippen LogP contribution in [0.25, 0.3) is 0 Å². The van der Waals surface area contributed by atoms with Gasteiger partial charge in [-0.25, -0.2) is 12.7 Å². The molecule has 0 atom stereocenters. The van der Waals surface area contributed by atoms with Gasteiger partial charge in [-0.05, 0) is 25.2 Å². The zero-order valence-corrected chi connectivity index (χ0v) is 11.5. The lowest BCUT2D eigenvalue weighted by atomic mass is 9.92. The Kier molecular flexibility index (Phi) is 5.81. The lowest BCUT2D eigenvalue weighted by Gasteiger charge is -2.25. The van der Waals surface area contributed by atoms with E-state index < -0.39 is 10.0 Å². The average molecular weight is 235 g/mol. The van der Waals surface area contributed by atoms with Crippen LogP contribution in [-0.4, -0.2) is 31.6 Å². The third kappa shape index (κ3) is 6.15. The average Bonchev–Trinajstić information content (AvgIpc) is 2.10. The first kappa shape index (κ1) is 14.9. The lowest BCUT2D eigenvalue weighted by Crippen LogP contribution is -2.35. The van der Waals surface area contributed by atoms with Crippen molar-refractivity contribution in [2.45, 2.75) is 47.5 Å². The van der Waals surface area contributed by atoms with E-state index in [2.05, 4.69) is 20.8 Å². The van der Waals surface area contributed by atoms with Gasteiger partial charge in [0, 0.05) is 13.1 Å². The van der Waals surface area contributed by atoms with Gasteiger partial charge in [-0.1, -0.05) is 27.7 Å². The van der Waals surface area contributed by atoms with Gasteiger partial charge in [0.15, 0.2) is 0 Å². The summed E-state index contributed by atoms with van der Waals surface area (Å²) in [5.74, 6) is 0.205. The van der Waals surface area contributed by atoms with E-state index in [0.29, 0.717) is 13.1 Å². The maximum atomic E-state index is 11.7. The number of nitrogens with zero attached hydrogens (tertiary/aromatic N) is 1. The molecule has 0 fully saturated rings. The molecule has 0 aromatic carbocycles. The molecular weight excluding hydrogens is 210 g/mol. The Morgan fingerprint density at radius 2 is 1.60 bits per heavy atom. The molecule has 0 heterocycles. The van der Waals surface area contributed by atoms with Crippen molar-refractivity contribution in [3.63, 3.8) is 0 Å². The molecule has 0 aliphatic heterocycles. The number of rotatable bonds is 6. The van der Waals surface area contributed by atoms with E-state index in [1.807, 2.05) is 6.92 Å². The number of hydrogen-bond donors (Lipinski definition) is 0. The summed E-state index contributed by atoms with van der Waals surface area (Å²) in [4.78, 5) is 0. The van der Waals surface area contributed by atoms with Crippen molar-refractivity contribution in [2.75, 3.05) is 18.8 Å². The van der Waals surface area contributed by atoms with Crippen LogP contribution in [0.3, 0.4) is 0 Å². The summed E-state index contributed by atoms with van der Waals surface area (Å²) in [7, 11) is -3.01. The van der Waals surface area contributed by atoms with Crippen LogP contribution in [0.2, 0.25) is 0 Å². The van der Waals surface area contributed by atoms with Crippen molar-refractivity contribution in [1.29, 1.82) is 0 Å². The molecule has 0 bridgehead atoms. The fraction of sp³-hybridized carbons (Fsp3) is 1.00. The fourth-order valence-corrected chi connectivity index (χ4v) is 2.48. The van der Waals surface area contributed by atoms with Gasteiger partial charge in [-0.15, -0.1) is 0 Å². The van der Waals surface area contributed by atoms with Gasteiger partial charge in [-0.3, -0.25) is 0 Å². The highest BCUT2D eigenvalue weighted by molar-refractivity contribution is 7.89. The molecule has 0 radical (unpaired) electrons. The van der Waals surface area contributed by atoms with Crippen molar-refractivity contribution in [2.24, 2.45) is 5.41 Å². The first-order chi connectivity index (χ1) is 6.73. The predicted molar refractivity (Wildman–Crippen MR) is 65.4 cm³/mol. The molecule has 92 valence electrons. The Morgan fingerprint density at radius 3 is 1.93 bits per heavy atom. The topological polar surface area (TPSA) is 37.4 Å². The minimum atomic E-state index is -3.01. The summed E-state index contributed by atoms with van der Waals surface area (Å²) in [6.45, 7) is 11.4. The molecule has 15 heavy (non-hydrogen) atoms. The highest BCUT2D eigenvalue weighted by Crippen LogP contribution is 2.20. The largest absolute Gasteiger partial charge is 0.213 e. The van der Waals surface area contributed by atoms with Crippen LogP contribution in [0.15, 0.2) is 0 Å². The van der Waals surface area contributed by atoms with E-state index in [4.69, 9.17) is 0 Å². The zero-order chi connectivity index (χ0) is 12.1. The summed E-state index contributed by atoms with van der Waals surface area (Å²) in [6, 6.07) is 0. The third-order valence-electron chi connectivity index (χ3n) is 2.34. The van der Waals surface area contributed by atoms with Crippen LogP contribution in [0.1, 0.15) is 47.5 Å². The van der Waals surface area contributed by atoms with Crippen LogP contribution in [0, 0.1) is 5.41 Å². The Hall–Kier alpha value is -0.0900. The van der Waals surface area contributed by atoms with Crippen LogP contribution in [0.4, 0.5) is 0 Å². The third-order valence-corrected chi connectivity index (χ3v) is 4.22. The Labute approximate surface area is 94.9 Å². The smallest absolute Gasteiger partial charge is 0.212 e. The van der Waals surface area contributed by atoms with Crippen molar-refractivity contribution >= 4 is 10.0 Å². The molecule has 0 amide bonds. The quantitative estimate of drug-likeness (QED) is 0.709. The number of hydrogen-bond acceptors (Lipinski definition) is 2.